The monoisotopic (exact) mass is 253 g/mol. The van der Waals surface area contributed by atoms with Gasteiger partial charge in [-0.05, 0) is 57.7 Å². The fourth-order valence-corrected chi connectivity index (χ4v) is 3.42. The molecule has 1 saturated heterocycles. The number of hydrogen-bond donors (Lipinski definition) is 1. The van der Waals surface area contributed by atoms with Crippen LogP contribution in [0.2, 0.25) is 0 Å². The minimum absolute atomic E-state index is 0.721. The zero-order valence-electron chi connectivity index (χ0n) is 12.1. The lowest BCUT2D eigenvalue weighted by Crippen LogP contribution is -2.40. The summed E-state index contributed by atoms with van der Waals surface area (Å²) in [5.41, 5.74) is 5.73. The van der Waals surface area contributed by atoms with Crippen molar-refractivity contribution in [2.24, 2.45) is 11.7 Å². The Morgan fingerprint density at radius 2 is 1.94 bits per heavy atom. The van der Waals surface area contributed by atoms with Gasteiger partial charge in [0.05, 0.1) is 0 Å². The maximum atomic E-state index is 5.73. The van der Waals surface area contributed by atoms with Gasteiger partial charge in [0.2, 0.25) is 0 Å². The van der Waals surface area contributed by atoms with Crippen LogP contribution in [0.25, 0.3) is 0 Å². The third-order valence-electron chi connectivity index (χ3n) is 4.85. The summed E-state index contributed by atoms with van der Waals surface area (Å²) in [6.45, 7) is 9.62. The topological polar surface area (TPSA) is 32.5 Å². The molecule has 0 aromatic rings. The molecule has 0 aromatic carbocycles. The molecule has 18 heavy (non-hydrogen) atoms. The van der Waals surface area contributed by atoms with Crippen LogP contribution in [0.15, 0.2) is 0 Å². The van der Waals surface area contributed by atoms with Crippen molar-refractivity contribution in [2.45, 2.75) is 51.5 Å². The lowest BCUT2D eigenvalue weighted by Gasteiger charge is -2.32. The van der Waals surface area contributed by atoms with Gasteiger partial charge in [0.1, 0.15) is 0 Å². The summed E-state index contributed by atoms with van der Waals surface area (Å²) >= 11 is 0. The van der Waals surface area contributed by atoms with E-state index in [1.54, 1.807) is 0 Å². The molecule has 0 radical (unpaired) electrons. The number of nitrogens with two attached hydrogens (primary N) is 1. The van der Waals surface area contributed by atoms with Crippen molar-refractivity contribution in [3.63, 3.8) is 0 Å². The maximum Gasteiger partial charge on any atom is 0.0112 e. The highest BCUT2D eigenvalue weighted by Gasteiger charge is 2.24. The van der Waals surface area contributed by atoms with Gasteiger partial charge in [-0.2, -0.15) is 0 Å². The predicted molar refractivity (Wildman–Crippen MR) is 77.7 cm³/mol. The molecule has 3 nitrogen and oxygen atoms in total. The Bertz CT molecular complexity index is 228. The van der Waals surface area contributed by atoms with Crippen LogP contribution in [0, 0.1) is 5.92 Å². The third-order valence-corrected chi connectivity index (χ3v) is 4.85. The van der Waals surface area contributed by atoms with Gasteiger partial charge in [-0.15, -0.1) is 0 Å². The van der Waals surface area contributed by atoms with E-state index in [4.69, 9.17) is 5.73 Å². The average molecular weight is 253 g/mol. The SMILES string of the molecule is CCC(CCN)N1CCCN(CC2CCC2)CC1. The van der Waals surface area contributed by atoms with Gasteiger partial charge in [-0.25, -0.2) is 0 Å². The molecular formula is C15H31N3. The van der Waals surface area contributed by atoms with Gasteiger partial charge in [0, 0.05) is 25.7 Å². The van der Waals surface area contributed by atoms with Gasteiger partial charge >= 0.3 is 0 Å². The van der Waals surface area contributed by atoms with Crippen LogP contribution < -0.4 is 5.73 Å². The van der Waals surface area contributed by atoms with Crippen LogP contribution >= 0.6 is 0 Å². The van der Waals surface area contributed by atoms with Crippen molar-refractivity contribution >= 4 is 0 Å². The molecule has 106 valence electrons. The van der Waals surface area contributed by atoms with Crippen molar-refractivity contribution < 1.29 is 0 Å². The summed E-state index contributed by atoms with van der Waals surface area (Å²) in [7, 11) is 0. The molecule has 1 aliphatic carbocycles. The number of hydrogen-bond acceptors (Lipinski definition) is 3. The predicted octanol–water partition coefficient (Wildman–Crippen LogP) is 1.92. The Balaban J connectivity index is 1.75. The fraction of sp³-hybridized carbons (Fsp3) is 1.00. The zero-order valence-corrected chi connectivity index (χ0v) is 12.1. The lowest BCUT2D eigenvalue weighted by atomic mass is 9.85. The normalized spacial score (nSPS) is 25.7. The molecule has 2 rings (SSSR count). The van der Waals surface area contributed by atoms with Crippen LogP contribution in [-0.4, -0.2) is 55.1 Å². The van der Waals surface area contributed by atoms with Crippen molar-refractivity contribution in [3.8, 4) is 0 Å². The second kappa shape index (κ2) is 7.46. The molecule has 1 atom stereocenters. The van der Waals surface area contributed by atoms with E-state index in [-0.39, 0.29) is 0 Å². The highest BCUT2D eigenvalue weighted by Crippen LogP contribution is 2.27. The molecular weight excluding hydrogens is 222 g/mol. The molecule has 1 saturated carbocycles. The molecule has 1 aliphatic heterocycles. The van der Waals surface area contributed by atoms with Gasteiger partial charge in [0.15, 0.2) is 0 Å². The molecule has 0 aromatic heterocycles. The fourth-order valence-electron chi connectivity index (χ4n) is 3.42. The first-order valence-electron chi connectivity index (χ1n) is 8.00. The molecule has 3 heteroatoms. The molecule has 0 spiro atoms. The molecule has 2 fully saturated rings. The average Bonchev–Trinajstić information content (AvgIpc) is 2.56. The second-order valence-electron chi connectivity index (χ2n) is 6.13. The van der Waals surface area contributed by atoms with Crippen molar-refractivity contribution in [2.75, 3.05) is 39.3 Å². The number of rotatable bonds is 6. The highest BCUT2D eigenvalue weighted by molar-refractivity contribution is 4.79. The molecule has 2 aliphatic rings. The maximum absolute atomic E-state index is 5.73. The zero-order chi connectivity index (χ0) is 12.8. The molecule has 1 heterocycles. The molecule has 0 amide bonds. The van der Waals surface area contributed by atoms with E-state index in [9.17, 15) is 0 Å². The summed E-state index contributed by atoms with van der Waals surface area (Å²) in [5.74, 6) is 1.02. The largest absolute Gasteiger partial charge is 0.330 e. The quantitative estimate of drug-likeness (QED) is 0.785. The van der Waals surface area contributed by atoms with E-state index in [2.05, 4.69) is 16.7 Å². The Morgan fingerprint density at radius 3 is 2.56 bits per heavy atom. The summed E-state index contributed by atoms with van der Waals surface area (Å²) in [6, 6.07) is 0.721. The highest BCUT2D eigenvalue weighted by atomic mass is 15.2. The van der Waals surface area contributed by atoms with Crippen molar-refractivity contribution in [3.05, 3.63) is 0 Å². The van der Waals surface area contributed by atoms with E-state index < -0.39 is 0 Å². The van der Waals surface area contributed by atoms with Gasteiger partial charge < -0.3 is 10.6 Å². The van der Waals surface area contributed by atoms with Gasteiger partial charge in [-0.1, -0.05) is 13.3 Å². The number of nitrogens with zero attached hydrogens (tertiary/aromatic N) is 2. The van der Waals surface area contributed by atoms with Crippen LogP contribution in [0.1, 0.15) is 45.4 Å². The third kappa shape index (κ3) is 3.94. The Morgan fingerprint density at radius 1 is 1.11 bits per heavy atom. The standard InChI is InChI=1S/C15H31N3/c1-2-15(7-8-16)18-10-4-9-17(11-12-18)13-14-5-3-6-14/h14-15H,2-13,16H2,1H3. The van der Waals surface area contributed by atoms with Crippen molar-refractivity contribution in [1.29, 1.82) is 0 Å². The smallest absolute Gasteiger partial charge is 0.0112 e. The van der Waals surface area contributed by atoms with Gasteiger partial charge in [0.25, 0.3) is 0 Å². The Labute approximate surface area is 113 Å². The van der Waals surface area contributed by atoms with Crippen LogP contribution in [0.4, 0.5) is 0 Å². The summed E-state index contributed by atoms with van der Waals surface area (Å²) < 4.78 is 0. The van der Waals surface area contributed by atoms with Crippen LogP contribution in [0.5, 0.6) is 0 Å². The van der Waals surface area contributed by atoms with E-state index in [1.807, 2.05) is 0 Å². The van der Waals surface area contributed by atoms with Crippen molar-refractivity contribution in [1.82, 2.24) is 9.80 Å². The Hall–Kier alpha value is -0.120. The summed E-state index contributed by atoms with van der Waals surface area (Å²) in [4.78, 5) is 5.40. The first-order chi connectivity index (χ1) is 8.83. The van der Waals surface area contributed by atoms with E-state index in [0.717, 1.165) is 18.5 Å². The molecule has 1 unspecified atom stereocenters. The summed E-state index contributed by atoms with van der Waals surface area (Å²) in [6.07, 6.45) is 8.18. The summed E-state index contributed by atoms with van der Waals surface area (Å²) in [5, 5.41) is 0. The van der Waals surface area contributed by atoms with Crippen LogP contribution in [-0.2, 0) is 0 Å². The Kier molecular flexibility index (Phi) is 5.93. The van der Waals surface area contributed by atoms with E-state index in [1.165, 1.54) is 71.2 Å². The lowest BCUT2D eigenvalue weighted by molar-refractivity contribution is 0.163. The first-order valence-corrected chi connectivity index (χ1v) is 8.00. The minimum atomic E-state index is 0.721. The minimum Gasteiger partial charge on any atom is -0.330 e. The van der Waals surface area contributed by atoms with Crippen LogP contribution in [0.3, 0.4) is 0 Å². The van der Waals surface area contributed by atoms with Gasteiger partial charge in [-0.3, -0.25) is 4.90 Å². The molecule has 2 N–H and O–H groups in total. The van der Waals surface area contributed by atoms with E-state index in [0.29, 0.717) is 0 Å². The van der Waals surface area contributed by atoms with E-state index >= 15 is 0 Å². The molecule has 0 bridgehead atoms. The second-order valence-corrected chi connectivity index (χ2v) is 6.13. The first kappa shape index (κ1) is 14.3.